The lowest BCUT2D eigenvalue weighted by atomic mass is 10.1. The van der Waals surface area contributed by atoms with Gasteiger partial charge in [0.1, 0.15) is 24.5 Å². The van der Waals surface area contributed by atoms with Crippen LogP contribution in [0.4, 0.5) is 17.6 Å². The first-order valence-electron chi connectivity index (χ1n) is 9.18. The summed E-state index contributed by atoms with van der Waals surface area (Å²) in [4.78, 5) is 0. The second kappa shape index (κ2) is 8.58. The first-order chi connectivity index (χ1) is 14.1. The lowest BCUT2D eigenvalue weighted by Crippen LogP contribution is -2.40. The Kier molecular flexibility index (Phi) is 6.30. The van der Waals surface area contributed by atoms with Crippen molar-refractivity contribution in [3.8, 4) is 5.88 Å². The van der Waals surface area contributed by atoms with Crippen LogP contribution >= 0.6 is 0 Å². The third-order valence-corrected chi connectivity index (χ3v) is 4.62. The van der Waals surface area contributed by atoms with E-state index in [4.69, 9.17) is 10.5 Å². The van der Waals surface area contributed by atoms with Crippen molar-refractivity contribution < 1.29 is 27.4 Å². The molecule has 0 aliphatic rings. The molecule has 3 aromatic rings. The van der Waals surface area contributed by atoms with Gasteiger partial charge in [-0.25, -0.2) is 22.1 Å². The van der Waals surface area contributed by atoms with Crippen LogP contribution in [0.5, 0.6) is 5.88 Å². The quantitative estimate of drug-likeness (QED) is 0.381. The van der Waals surface area contributed by atoms with E-state index in [1.165, 1.54) is 10.6 Å². The van der Waals surface area contributed by atoms with Crippen LogP contribution in [0.15, 0.2) is 30.3 Å². The summed E-state index contributed by atoms with van der Waals surface area (Å²) in [6.07, 6.45) is -1.43. The second-order valence-electron chi connectivity index (χ2n) is 7.00. The smallest absolute Gasteiger partial charge is 0.272 e. The first-order valence-corrected chi connectivity index (χ1v) is 9.18. The van der Waals surface area contributed by atoms with E-state index >= 15 is 0 Å². The standard InChI is InChI=1S/C20H22F4N4O2/c1-11-6-16-18(19(29)26-10-20(23,24)9-25)12(2)27-28(16)17(7-11)30-8-13-14(21)4-3-5-15(13)22/h3-7,19,26,29H,8-10,25H2,1-2H3. The number of alkyl halides is 2. The molecule has 1 atom stereocenters. The van der Waals surface area contributed by atoms with Gasteiger partial charge in [-0.15, -0.1) is 0 Å². The summed E-state index contributed by atoms with van der Waals surface area (Å²) in [5, 5.41) is 17.1. The highest BCUT2D eigenvalue weighted by Crippen LogP contribution is 2.28. The zero-order valence-electron chi connectivity index (χ0n) is 16.4. The largest absolute Gasteiger partial charge is 0.473 e. The number of aromatic nitrogens is 2. The number of nitrogens with one attached hydrogen (secondary N) is 1. The summed E-state index contributed by atoms with van der Waals surface area (Å²) in [7, 11) is 0. The Bertz CT molecular complexity index is 1030. The number of halogens is 4. The Morgan fingerprint density at radius 2 is 1.90 bits per heavy atom. The summed E-state index contributed by atoms with van der Waals surface area (Å²) in [5.74, 6) is -4.47. The van der Waals surface area contributed by atoms with Crippen LogP contribution in [0.3, 0.4) is 0 Å². The molecule has 2 aromatic heterocycles. The van der Waals surface area contributed by atoms with Crippen molar-refractivity contribution >= 4 is 5.52 Å². The topological polar surface area (TPSA) is 84.8 Å². The van der Waals surface area contributed by atoms with Gasteiger partial charge < -0.3 is 15.6 Å². The molecule has 0 fully saturated rings. The van der Waals surface area contributed by atoms with Crippen LogP contribution < -0.4 is 15.8 Å². The third kappa shape index (κ3) is 4.55. The molecule has 3 rings (SSSR count). The maximum atomic E-state index is 13.9. The number of hydrogen-bond donors (Lipinski definition) is 3. The van der Waals surface area contributed by atoms with E-state index in [1.807, 2.05) is 0 Å². The SMILES string of the molecule is Cc1cc(OCc2c(F)cccc2F)n2nc(C)c(C(O)NCC(F)(F)CN)c2c1. The number of pyridine rings is 1. The monoisotopic (exact) mass is 426 g/mol. The fourth-order valence-electron chi connectivity index (χ4n) is 3.05. The minimum atomic E-state index is -3.17. The molecule has 0 spiro atoms. The van der Waals surface area contributed by atoms with Gasteiger partial charge in [0.05, 0.1) is 29.9 Å². The molecule has 2 heterocycles. The normalized spacial score (nSPS) is 13.1. The Labute approximate surface area is 170 Å². The maximum Gasteiger partial charge on any atom is 0.272 e. The number of nitrogens with zero attached hydrogens (tertiary/aromatic N) is 2. The number of benzene rings is 1. The van der Waals surface area contributed by atoms with E-state index in [0.717, 1.165) is 12.1 Å². The van der Waals surface area contributed by atoms with E-state index < -0.39 is 36.9 Å². The van der Waals surface area contributed by atoms with Gasteiger partial charge in [-0.2, -0.15) is 5.10 Å². The fourth-order valence-corrected chi connectivity index (χ4v) is 3.05. The van der Waals surface area contributed by atoms with E-state index in [9.17, 15) is 22.7 Å². The fraction of sp³-hybridized carbons (Fsp3) is 0.350. The van der Waals surface area contributed by atoms with E-state index in [2.05, 4.69) is 10.4 Å². The molecule has 1 unspecified atom stereocenters. The number of aliphatic hydroxyl groups is 1. The van der Waals surface area contributed by atoms with Gasteiger partial charge in [0.15, 0.2) is 0 Å². The van der Waals surface area contributed by atoms with Gasteiger partial charge in [-0.05, 0) is 37.6 Å². The molecular weight excluding hydrogens is 404 g/mol. The number of fused-ring (bicyclic) bond motifs is 1. The van der Waals surface area contributed by atoms with Gasteiger partial charge >= 0.3 is 0 Å². The van der Waals surface area contributed by atoms with Crippen LogP contribution in [0.1, 0.15) is 28.6 Å². The van der Waals surface area contributed by atoms with Crippen molar-refractivity contribution in [2.75, 3.05) is 13.1 Å². The minimum absolute atomic E-state index is 0.182. The van der Waals surface area contributed by atoms with Gasteiger partial charge in [-0.1, -0.05) is 6.07 Å². The predicted molar refractivity (Wildman–Crippen MR) is 102 cm³/mol. The van der Waals surface area contributed by atoms with Gasteiger partial charge in [0, 0.05) is 11.6 Å². The second-order valence-corrected chi connectivity index (χ2v) is 7.00. The lowest BCUT2D eigenvalue weighted by Gasteiger charge is -2.18. The zero-order chi connectivity index (χ0) is 22.1. The number of hydrogen-bond acceptors (Lipinski definition) is 5. The highest BCUT2D eigenvalue weighted by atomic mass is 19.3. The van der Waals surface area contributed by atoms with E-state index in [0.29, 0.717) is 16.8 Å². The molecule has 4 N–H and O–H groups in total. The predicted octanol–water partition coefficient (Wildman–Crippen LogP) is 2.98. The summed E-state index contributed by atoms with van der Waals surface area (Å²) >= 11 is 0. The highest BCUT2D eigenvalue weighted by Gasteiger charge is 2.29. The van der Waals surface area contributed by atoms with Gasteiger partial charge in [-0.3, -0.25) is 5.32 Å². The van der Waals surface area contributed by atoms with Crippen molar-refractivity contribution in [2.45, 2.75) is 32.6 Å². The lowest BCUT2D eigenvalue weighted by molar-refractivity contribution is -0.00553. The molecule has 0 aliphatic heterocycles. The average molecular weight is 426 g/mol. The molecule has 6 nitrogen and oxygen atoms in total. The maximum absolute atomic E-state index is 13.9. The van der Waals surface area contributed by atoms with E-state index in [-0.39, 0.29) is 23.6 Å². The molecule has 1 aromatic carbocycles. The average Bonchev–Trinajstić information content (AvgIpc) is 3.01. The van der Waals surface area contributed by atoms with Gasteiger partial charge in [0.25, 0.3) is 5.92 Å². The molecule has 0 bridgehead atoms. The summed E-state index contributed by atoms with van der Waals surface area (Å²) in [5.41, 5.74) is 6.57. The molecule has 0 saturated heterocycles. The molecule has 0 aliphatic carbocycles. The number of ether oxygens (including phenoxy) is 1. The van der Waals surface area contributed by atoms with Crippen molar-refractivity contribution in [1.82, 2.24) is 14.9 Å². The third-order valence-electron chi connectivity index (χ3n) is 4.62. The molecule has 162 valence electrons. The number of nitrogens with two attached hydrogens (primary N) is 1. The van der Waals surface area contributed by atoms with Crippen LogP contribution in [0.2, 0.25) is 0 Å². The number of rotatable bonds is 8. The van der Waals surface area contributed by atoms with Gasteiger partial charge in [0.2, 0.25) is 5.88 Å². The summed E-state index contributed by atoms with van der Waals surface area (Å²) in [6.45, 7) is 1.30. The van der Waals surface area contributed by atoms with Crippen molar-refractivity contribution in [2.24, 2.45) is 5.73 Å². The van der Waals surface area contributed by atoms with Crippen LogP contribution in [-0.2, 0) is 6.61 Å². The summed E-state index contributed by atoms with van der Waals surface area (Å²) < 4.78 is 61.6. The molecule has 0 radical (unpaired) electrons. The Hall–Kier alpha value is -2.69. The number of aryl methyl sites for hydroxylation is 2. The zero-order valence-corrected chi connectivity index (χ0v) is 16.4. The molecular formula is C20H22F4N4O2. The van der Waals surface area contributed by atoms with Crippen molar-refractivity contribution in [1.29, 1.82) is 0 Å². The van der Waals surface area contributed by atoms with Crippen LogP contribution in [-0.4, -0.2) is 33.7 Å². The molecule has 0 saturated carbocycles. The van der Waals surface area contributed by atoms with Crippen molar-refractivity contribution in [3.63, 3.8) is 0 Å². The first kappa shape index (κ1) is 22.0. The highest BCUT2D eigenvalue weighted by molar-refractivity contribution is 5.60. The molecule has 0 amide bonds. The molecule has 30 heavy (non-hydrogen) atoms. The molecule has 10 heteroatoms. The summed E-state index contributed by atoms with van der Waals surface area (Å²) in [6, 6.07) is 6.82. The minimum Gasteiger partial charge on any atom is -0.473 e. The Balaban J connectivity index is 1.92. The van der Waals surface area contributed by atoms with E-state index in [1.54, 1.807) is 26.0 Å². The van der Waals surface area contributed by atoms with Crippen molar-refractivity contribution in [3.05, 3.63) is 64.4 Å². The van der Waals surface area contributed by atoms with Crippen LogP contribution in [0, 0.1) is 25.5 Å². The van der Waals surface area contributed by atoms with Crippen LogP contribution in [0.25, 0.3) is 5.52 Å². The number of aliphatic hydroxyl groups excluding tert-OH is 1. The Morgan fingerprint density at radius 1 is 1.23 bits per heavy atom. The Morgan fingerprint density at radius 3 is 2.53 bits per heavy atom.